The van der Waals surface area contributed by atoms with Crippen LogP contribution in [0.25, 0.3) is 0 Å². The molecule has 0 aliphatic carbocycles. The molecule has 0 spiro atoms. The largest absolute Gasteiger partial charge is 0.504 e. The minimum atomic E-state index is -0.0859. The molecule has 10 heavy (non-hydrogen) atoms. The van der Waals surface area contributed by atoms with Gasteiger partial charge in [-0.05, 0) is 18.2 Å². The molecule has 0 unspecified atom stereocenters. The third-order valence-electron chi connectivity index (χ3n) is 1.33. The molecule has 0 amide bonds. The van der Waals surface area contributed by atoms with Gasteiger partial charge in [-0.1, -0.05) is 0 Å². The standard InChI is InChI=1S/C7H9NO2/c8-4-5-1-2-6(9)7(10)3-5/h1-3,9-10H,4,8H2/p+1. The van der Waals surface area contributed by atoms with E-state index in [1.54, 1.807) is 6.07 Å². The second kappa shape index (κ2) is 2.58. The van der Waals surface area contributed by atoms with Crippen LogP contribution in [-0.4, -0.2) is 10.2 Å². The quantitative estimate of drug-likeness (QED) is 0.474. The van der Waals surface area contributed by atoms with E-state index in [1.165, 1.54) is 12.1 Å². The Hall–Kier alpha value is -1.22. The Morgan fingerprint density at radius 1 is 1.20 bits per heavy atom. The lowest BCUT2D eigenvalue weighted by atomic mass is 10.2. The lowest BCUT2D eigenvalue weighted by Gasteiger charge is -1.97. The summed E-state index contributed by atoms with van der Waals surface area (Å²) >= 11 is 0. The number of benzene rings is 1. The Morgan fingerprint density at radius 2 is 1.90 bits per heavy atom. The van der Waals surface area contributed by atoms with Gasteiger partial charge in [0.1, 0.15) is 0 Å². The van der Waals surface area contributed by atoms with Crippen molar-refractivity contribution < 1.29 is 15.9 Å². The zero-order valence-electron chi connectivity index (χ0n) is 5.54. The highest BCUT2D eigenvalue weighted by Crippen LogP contribution is 2.24. The second-order valence-corrected chi connectivity index (χ2v) is 2.07. The van der Waals surface area contributed by atoms with E-state index in [4.69, 9.17) is 10.2 Å². The molecule has 1 aromatic rings. The van der Waals surface area contributed by atoms with Crippen LogP contribution in [0, 0.1) is 0 Å². The predicted molar refractivity (Wildman–Crippen MR) is 36.4 cm³/mol. The number of quaternary nitrogens is 1. The van der Waals surface area contributed by atoms with Crippen molar-refractivity contribution >= 4 is 0 Å². The molecular formula is C7H10NO2+. The number of rotatable bonds is 1. The summed E-state index contributed by atoms with van der Waals surface area (Å²) in [5.41, 5.74) is 4.55. The molecule has 0 radical (unpaired) electrons. The van der Waals surface area contributed by atoms with Gasteiger partial charge >= 0.3 is 0 Å². The lowest BCUT2D eigenvalue weighted by molar-refractivity contribution is -0.386. The molecular weight excluding hydrogens is 130 g/mol. The van der Waals surface area contributed by atoms with Crippen molar-refractivity contribution in [3.63, 3.8) is 0 Å². The van der Waals surface area contributed by atoms with Crippen molar-refractivity contribution in [3.05, 3.63) is 23.8 Å². The van der Waals surface area contributed by atoms with Gasteiger partial charge in [0.2, 0.25) is 0 Å². The summed E-state index contributed by atoms with van der Waals surface area (Å²) in [6, 6.07) is 4.68. The van der Waals surface area contributed by atoms with Gasteiger partial charge in [0.15, 0.2) is 11.5 Å². The minimum absolute atomic E-state index is 0.0823. The monoisotopic (exact) mass is 140 g/mol. The smallest absolute Gasteiger partial charge is 0.157 e. The highest BCUT2D eigenvalue weighted by atomic mass is 16.3. The van der Waals surface area contributed by atoms with Crippen molar-refractivity contribution in [1.82, 2.24) is 0 Å². The molecule has 1 aromatic carbocycles. The maximum absolute atomic E-state index is 8.95. The summed E-state index contributed by atoms with van der Waals surface area (Å²) in [7, 11) is 0. The zero-order valence-corrected chi connectivity index (χ0v) is 5.54. The predicted octanol–water partition coefficient (Wildman–Crippen LogP) is -0.160. The second-order valence-electron chi connectivity index (χ2n) is 2.07. The molecule has 0 bridgehead atoms. The van der Waals surface area contributed by atoms with E-state index < -0.39 is 0 Å². The third-order valence-corrected chi connectivity index (χ3v) is 1.33. The average Bonchev–Trinajstić information content (AvgIpc) is 1.95. The van der Waals surface area contributed by atoms with Gasteiger partial charge in [-0.25, -0.2) is 0 Å². The Bertz CT molecular complexity index is 235. The topological polar surface area (TPSA) is 68.1 Å². The van der Waals surface area contributed by atoms with E-state index in [0.717, 1.165) is 5.56 Å². The summed E-state index contributed by atoms with van der Waals surface area (Å²) in [6.07, 6.45) is 0. The van der Waals surface area contributed by atoms with Crippen LogP contribution in [0.1, 0.15) is 5.56 Å². The van der Waals surface area contributed by atoms with E-state index in [-0.39, 0.29) is 11.5 Å². The Balaban J connectivity index is 3.04. The minimum Gasteiger partial charge on any atom is -0.504 e. The fourth-order valence-electron chi connectivity index (χ4n) is 0.725. The molecule has 0 aromatic heterocycles. The lowest BCUT2D eigenvalue weighted by Crippen LogP contribution is -2.47. The molecule has 54 valence electrons. The molecule has 1 rings (SSSR count). The van der Waals surface area contributed by atoms with Crippen molar-refractivity contribution in [3.8, 4) is 11.5 Å². The van der Waals surface area contributed by atoms with Crippen LogP contribution in [0.2, 0.25) is 0 Å². The van der Waals surface area contributed by atoms with Gasteiger partial charge in [-0.2, -0.15) is 0 Å². The summed E-state index contributed by atoms with van der Waals surface area (Å²) in [5, 5.41) is 17.8. The average molecular weight is 140 g/mol. The maximum atomic E-state index is 8.95. The molecule has 3 nitrogen and oxygen atoms in total. The van der Waals surface area contributed by atoms with Crippen LogP contribution in [-0.2, 0) is 6.54 Å². The zero-order chi connectivity index (χ0) is 7.56. The number of phenolic OH excluding ortho intramolecular Hbond substituents is 2. The Kier molecular flexibility index (Phi) is 1.78. The first-order valence-electron chi connectivity index (χ1n) is 3.04. The third kappa shape index (κ3) is 1.19. The van der Waals surface area contributed by atoms with Gasteiger partial charge in [0.05, 0.1) is 6.54 Å². The first-order chi connectivity index (χ1) is 4.74. The van der Waals surface area contributed by atoms with E-state index >= 15 is 0 Å². The molecule has 0 aliphatic rings. The summed E-state index contributed by atoms with van der Waals surface area (Å²) in [6.45, 7) is 0.619. The first-order valence-corrected chi connectivity index (χ1v) is 3.04. The van der Waals surface area contributed by atoms with Gasteiger partial charge in [-0.3, -0.25) is 0 Å². The van der Waals surface area contributed by atoms with E-state index in [2.05, 4.69) is 5.73 Å². The van der Waals surface area contributed by atoms with Crippen LogP contribution in [0.3, 0.4) is 0 Å². The molecule has 0 heterocycles. The molecule has 0 fully saturated rings. The van der Waals surface area contributed by atoms with Crippen LogP contribution >= 0.6 is 0 Å². The summed E-state index contributed by atoms with van der Waals surface area (Å²) in [4.78, 5) is 0. The highest BCUT2D eigenvalue weighted by molar-refractivity contribution is 5.40. The van der Waals surface area contributed by atoms with Gasteiger partial charge in [0, 0.05) is 5.56 Å². The Morgan fingerprint density at radius 3 is 2.40 bits per heavy atom. The van der Waals surface area contributed by atoms with E-state index in [1.807, 2.05) is 0 Å². The van der Waals surface area contributed by atoms with E-state index in [0.29, 0.717) is 6.54 Å². The Labute approximate surface area is 58.7 Å². The van der Waals surface area contributed by atoms with Crippen molar-refractivity contribution in [2.75, 3.05) is 0 Å². The van der Waals surface area contributed by atoms with Crippen molar-refractivity contribution in [2.24, 2.45) is 0 Å². The normalized spacial score (nSPS) is 9.70. The van der Waals surface area contributed by atoms with E-state index in [9.17, 15) is 0 Å². The number of aromatic hydroxyl groups is 2. The summed E-state index contributed by atoms with van der Waals surface area (Å²) in [5.74, 6) is -0.168. The number of hydrogen-bond donors (Lipinski definition) is 3. The molecule has 0 aliphatic heterocycles. The SMILES string of the molecule is [NH3+]Cc1ccc(O)c(O)c1. The molecule has 3 heteroatoms. The van der Waals surface area contributed by atoms with Crippen LogP contribution in [0.5, 0.6) is 11.5 Å². The molecule has 0 saturated heterocycles. The van der Waals surface area contributed by atoms with Gasteiger partial charge < -0.3 is 15.9 Å². The first kappa shape index (κ1) is 6.89. The molecule has 5 N–H and O–H groups in total. The number of phenols is 2. The van der Waals surface area contributed by atoms with Crippen molar-refractivity contribution in [1.29, 1.82) is 0 Å². The maximum Gasteiger partial charge on any atom is 0.157 e. The van der Waals surface area contributed by atoms with Crippen LogP contribution in [0.15, 0.2) is 18.2 Å². The molecule has 0 saturated carbocycles. The van der Waals surface area contributed by atoms with Gasteiger partial charge in [-0.15, -0.1) is 0 Å². The fraction of sp³-hybridized carbons (Fsp3) is 0.143. The number of hydrogen-bond acceptors (Lipinski definition) is 2. The van der Waals surface area contributed by atoms with Crippen molar-refractivity contribution in [2.45, 2.75) is 6.54 Å². The highest BCUT2D eigenvalue weighted by Gasteiger charge is 1.98. The molecule has 0 atom stereocenters. The van der Waals surface area contributed by atoms with Crippen LogP contribution < -0.4 is 5.73 Å². The fourth-order valence-corrected chi connectivity index (χ4v) is 0.725. The summed E-state index contributed by atoms with van der Waals surface area (Å²) < 4.78 is 0. The van der Waals surface area contributed by atoms with Crippen LogP contribution in [0.4, 0.5) is 0 Å². The van der Waals surface area contributed by atoms with Gasteiger partial charge in [0.25, 0.3) is 0 Å².